The lowest BCUT2D eigenvalue weighted by Gasteiger charge is -2.28. The Hall–Kier alpha value is -4.79. The molecule has 0 aliphatic heterocycles. The van der Waals surface area contributed by atoms with Crippen LogP contribution in [0.1, 0.15) is 0 Å². The van der Waals surface area contributed by atoms with E-state index >= 15 is 0 Å². The van der Waals surface area contributed by atoms with Crippen LogP contribution in [0.3, 0.4) is 0 Å². The predicted molar refractivity (Wildman–Crippen MR) is 163 cm³/mol. The molecule has 0 atom stereocenters. The fourth-order valence-electron chi connectivity index (χ4n) is 5.19. The zero-order valence-electron chi connectivity index (χ0n) is 21.1. The summed E-state index contributed by atoms with van der Waals surface area (Å²) in [6, 6.07) is 46.6. The molecule has 0 aliphatic rings. The monoisotopic (exact) mass is 524 g/mol. The molecule has 0 aliphatic carbocycles. The summed E-state index contributed by atoms with van der Waals surface area (Å²) < 4.78 is 0. The van der Waals surface area contributed by atoms with Crippen LogP contribution in [0.25, 0.3) is 10.8 Å². The molecule has 0 radical (unpaired) electrons. The van der Waals surface area contributed by atoms with Gasteiger partial charge >= 0.3 is 0 Å². The largest absolute Gasteiger partial charge is 0.288 e. The fraction of sp³-hybridized carbons (Fsp3) is 0. The van der Waals surface area contributed by atoms with Crippen molar-refractivity contribution in [1.82, 2.24) is 0 Å². The minimum Gasteiger partial charge on any atom is -0.288 e. The van der Waals surface area contributed by atoms with Gasteiger partial charge in [-0.3, -0.25) is 15.0 Å². The van der Waals surface area contributed by atoms with Crippen LogP contribution in [0.4, 0.5) is 5.69 Å². The van der Waals surface area contributed by atoms with Crippen LogP contribution in [0, 0.1) is 4.94 Å². The average Bonchev–Trinajstić information content (AvgIpc) is 3.01. The second-order valence-electron chi connectivity index (χ2n) is 9.17. The van der Waals surface area contributed by atoms with Crippen molar-refractivity contribution >= 4 is 39.3 Å². The Balaban J connectivity index is 1.94. The second-order valence-corrected chi connectivity index (χ2v) is 12.5. The maximum absolute atomic E-state index is 14.7. The van der Waals surface area contributed by atoms with Gasteiger partial charge in [0.1, 0.15) is 5.36 Å². The Bertz CT molecular complexity index is 1910. The predicted octanol–water partition coefficient (Wildman–Crippen LogP) is 4.89. The van der Waals surface area contributed by atoms with Crippen molar-refractivity contribution in [2.75, 3.05) is 5.43 Å². The first-order chi connectivity index (χ1) is 19.2. The SMILES string of the molecule is O=c1c(=P(c2ccccc2)(c2ccccc2)c2ccccc2)c(=O)c2ccccc2c1=NNc1ccccc1. The molecule has 5 heteroatoms. The van der Waals surface area contributed by atoms with Crippen LogP contribution in [0.2, 0.25) is 0 Å². The first kappa shape index (κ1) is 24.5. The van der Waals surface area contributed by atoms with Crippen molar-refractivity contribution < 1.29 is 0 Å². The minimum atomic E-state index is -2.92. The highest BCUT2D eigenvalue weighted by atomic mass is 31.2. The molecule has 0 saturated heterocycles. The number of nitrogens with zero attached hydrogens (tertiary/aromatic N) is 1. The number of nitrogens with one attached hydrogen (secondary N) is 1. The maximum Gasteiger partial charge on any atom is 0.218 e. The van der Waals surface area contributed by atoms with Crippen LogP contribution in [-0.2, 0) is 0 Å². The van der Waals surface area contributed by atoms with E-state index in [1.807, 2.05) is 133 Å². The third-order valence-electron chi connectivity index (χ3n) is 6.91. The van der Waals surface area contributed by atoms with Crippen molar-refractivity contribution in [3.8, 4) is 0 Å². The summed E-state index contributed by atoms with van der Waals surface area (Å²) in [5, 5.41) is 8.68. The van der Waals surface area contributed by atoms with E-state index < -0.39 is 6.89 Å². The van der Waals surface area contributed by atoms with Crippen LogP contribution in [0.5, 0.6) is 0 Å². The number of fused-ring (bicyclic) bond motifs is 1. The van der Waals surface area contributed by atoms with Gasteiger partial charge in [0.25, 0.3) is 0 Å². The summed E-state index contributed by atoms with van der Waals surface area (Å²) in [6.07, 6.45) is 0. The van der Waals surface area contributed by atoms with Gasteiger partial charge in [0.05, 0.1) is 10.6 Å². The smallest absolute Gasteiger partial charge is 0.218 e. The Morgan fingerprint density at radius 1 is 0.462 bits per heavy atom. The summed E-state index contributed by atoms with van der Waals surface area (Å²) in [6.45, 7) is -2.92. The van der Waals surface area contributed by atoms with E-state index in [1.54, 1.807) is 12.1 Å². The molecular formula is C34H25N2O2P. The molecule has 39 heavy (non-hydrogen) atoms. The molecule has 0 spiro atoms. The van der Waals surface area contributed by atoms with Crippen molar-refractivity contribution in [3.05, 3.63) is 176 Å². The van der Waals surface area contributed by atoms with Gasteiger partial charge in [-0.15, -0.1) is 0 Å². The van der Waals surface area contributed by atoms with Gasteiger partial charge in [-0.1, -0.05) is 133 Å². The van der Waals surface area contributed by atoms with Crippen molar-refractivity contribution in [3.63, 3.8) is 0 Å². The molecule has 0 aromatic heterocycles. The molecule has 4 nitrogen and oxygen atoms in total. The van der Waals surface area contributed by atoms with Gasteiger partial charge in [0, 0.05) is 10.8 Å². The first-order valence-corrected chi connectivity index (χ1v) is 14.5. The van der Waals surface area contributed by atoms with Crippen LogP contribution >= 0.6 is 6.89 Å². The Kier molecular flexibility index (Phi) is 6.62. The van der Waals surface area contributed by atoms with Crippen molar-refractivity contribution in [1.29, 1.82) is 0 Å². The standard InChI is InChI=1S/C34H25N2O2P/c37-32-30-24-14-13-23-29(30)31(36-35-25-15-5-1-6-16-25)33(38)34(32)39(26-17-7-2-8-18-26,27-19-9-3-10-20-27)28-21-11-4-12-22-28/h1-24,35H. The summed E-state index contributed by atoms with van der Waals surface area (Å²) in [7, 11) is 0. The molecule has 0 fully saturated rings. The fourth-order valence-corrected chi connectivity index (χ4v) is 9.55. The maximum atomic E-state index is 14.7. The molecule has 6 rings (SSSR count). The highest BCUT2D eigenvalue weighted by Crippen LogP contribution is 2.45. The zero-order valence-corrected chi connectivity index (χ0v) is 22.0. The molecule has 0 unspecified atom stereocenters. The van der Waals surface area contributed by atoms with Gasteiger partial charge in [-0.05, 0) is 34.9 Å². The number of para-hydroxylation sites is 1. The molecule has 0 heterocycles. The third-order valence-corrected chi connectivity index (χ3v) is 11.2. The van der Waals surface area contributed by atoms with Gasteiger partial charge in [-0.25, -0.2) is 0 Å². The molecular weight excluding hydrogens is 499 g/mol. The highest BCUT2D eigenvalue weighted by molar-refractivity contribution is 7.89. The van der Waals surface area contributed by atoms with E-state index in [4.69, 9.17) is 0 Å². The second kappa shape index (κ2) is 10.5. The summed E-state index contributed by atoms with van der Waals surface area (Å²) in [4.78, 5) is 29.5. The quantitative estimate of drug-likeness (QED) is 0.258. The van der Waals surface area contributed by atoms with E-state index in [0.717, 1.165) is 21.6 Å². The molecule has 0 saturated carbocycles. The lowest BCUT2D eigenvalue weighted by atomic mass is 10.1. The number of hydrogen-bond acceptors (Lipinski definition) is 4. The summed E-state index contributed by atoms with van der Waals surface area (Å²) in [5.74, 6) is 0. The van der Waals surface area contributed by atoms with E-state index in [9.17, 15) is 9.59 Å². The van der Waals surface area contributed by atoms with E-state index in [-0.39, 0.29) is 21.2 Å². The third kappa shape index (κ3) is 4.25. The van der Waals surface area contributed by atoms with Gasteiger partial charge in [-0.2, -0.15) is 5.10 Å². The number of hydrogen-bond donors (Lipinski definition) is 1. The van der Waals surface area contributed by atoms with E-state index in [0.29, 0.717) is 10.8 Å². The van der Waals surface area contributed by atoms with Crippen LogP contribution < -0.4 is 37.6 Å². The van der Waals surface area contributed by atoms with Gasteiger partial charge in [0.2, 0.25) is 5.43 Å². The lowest BCUT2D eigenvalue weighted by molar-refractivity contribution is 1.20. The number of anilines is 1. The van der Waals surface area contributed by atoms with E-state index in [2.05, 4.69) is 10.5 Å². The summed E-state index contributed by atoms with van der Waals surface area (Å²) in [5.41, 5.74) is 3.19. The Labute approximate surface area is 225 Å². The number of rotatable bonds is 5. The first-order valence-electron chi connectivity index (χ1n) is 12.7. The Morgan fingerprint density at radius 2 is 0.872 bits per heavy atom. The lowest BCUT2D eigenvalue weighted by Crippen LogP contribution is -2.38. The normalized spacial score (nSPS) is 11.9. The van der Waals surface area contributed by atoms with Crippen LogP contribution in [-0.4, -0.2) is 0 Å². The molecule has 188 valence electrons. The Morgan fingerprint density at radius 3 is 1.36 bits per heavy atom. The summed E-state index contributed by atoms with van der Waals surface area (Å²) >= 11 is 0. The highest BCUT2D eigenvalue weighted by Gasteiger charge is 2.29. The molecule has 0 bridgehead atoms. The van der Waals surface area contributed by atoms with Crippen LogP contribution in [0.15, 0.2) is 160 Å². The van der Waals surface area contributed by atoms with Crippen molar-refractivity contribution in [2.45, 2.75) is 0 Å². The number of benzene rings is 6. The average molecular weight is 525 g/mol. The molecule has 0 amide bonds. The molecule has 6 aromatic carbocycles. The van der Waals surface area contributed by atoms with Gasteiger partial charge in [0.15, 0.2) is 5.43 Å². The minimum absolute atomic E-state index is 0.233. The van der Waals surface area contributed by atoms with E-state index in [1.165, 1.54) is 0 Å². The van der Waals surface area contributed by atoms with Crippen molar-refractivity contribution in [2.24, 2.45) is 5.10 Å². The molecule has 1 N–H and O–H groups in total. The molecule has 6 aromatic rings. The van der Waals surface area contributed by atoms with Gasteiger partial charge < -0.3 is 0 Å². The zero-order chi connectivity index (χ0) is 26.7. The topological polar surface area (TPSA) is 58.5 Å².